The minimum atomic E-state index is -0.776. The molecule has 0 heterocycles. The molecular formula is C68H126O6. The van der Waals surface area contributed by atoms with Crippen molar-refractivity contribution >= 4 is 17.9 Å². The molecule has 1 atom stereocenters. The van der Waals surface area contributed by atoms with Crippen LogP contribution in [0.4, 0.5) is 0 Å². The molecule has 0 fully saturated rings. The van der Waals surface area contributed by atoms with E-state index in [4.69, 9.17) is 14.2 Å². The Kier molecular flexibility index (Phi) is 61.1. The third-order valence-corrected chi connectivity index (χ3v) is 14.9. The van der Waals surface area contributed by atoms with Crippen LogP contribution in [0.1, 0.15) is 361 Å². The number of carbonyl (C=O) groups is 3. The Balaban J connectivity index is 4.30. The SMILES string of the molecule is CCCCCC/C=C\C/C=C\CCCCCCCC(=O)OCC(COC(=O)CCCCCCCCCCCCC/C=C\CCCCCCCCCC)OC(=O)CCCCCCCCCCCCCCCCCCC. The van der Waals surface area contributed by atoms with Gasteiger partial charge in [-0.2, -0.15) is 0 Å². The second-order valence-corrected chi connectivity index (χ2v) is 22.4. The van der Waals surface area contributed by atoms with Gasteiger partial charge in [0.05, 0.1) is 0 Å². The Morgan fingerprint density at radius 1 is 0.270 bits per heavy atom. The maximum Gasteiger partial charge on any atom is 0.306 e. The number of allylic oxidation sites excluding steroid dienone is 6. The van der Waals surface area contributed by atoms with E-state index in [2.05, 4.69) is 57.2 Å². The van der Waals surface area contributed by atoms with Gasteiger partial charge in [0.15, 0.2) is 6.10 Å². The van der Waals surface area contributed by atoms with Gasteiger partial charge < -0.3 is 14.2 Å². The molecule has 0 aromatic rings. The van der Waals surface area contributed by atoms with Crippen molar-refractivity contribution in [2.45, 2.75) is 367 Å². The number of unbranched alkanes of at least 4 members (excludes halogenated alkanes) is 44. The van der Waals surface area contributed by atoms with Crippen molar-refractivity contribution in [1.82, 2.24) is 0 Å². The summed E-state index contributed by atoms with van der Waals surface area (Å²) in [6.45, 7) is 6.68. The summed E-state index contributed by atoms with van der Waals surface area (Å²) in [6.07, 6.45) is 77.2. The van der Waals surface area contributed by atoms with Gasteiger partial charge in [0.1, 0.15) is 13.2 Å². The van der Waals surface area contributed by atoms with E-state index in [1.165, 1.54) is 244 Å². The molecule has 0 amide bonds. The third-order valence-electron chi connectivity index (χ3n) is 14.9. The molecule has 434 valence electrons. The predicted octanol–water partition coefficient (Wildman–Crippen LogP) is 22.4. The zero-order chi connectivity index (χ0) is 53.6. The molecule has 0 radical (unpaired) electrons. The van der Waals surface area contributed by atoms with E-state index in [1.807, 2.05) is 0 Å². The monoisotopic (exact) mass is 1040 g/mol. The molecule has 0 aliphatic heterocycles. The van der Waals surface area contributed by atoms with E-state index in [1.54, 1.807) is 0 Å². The van der Waals surface area contributed by atoms with Gasteiger partial charge in [-0.3, -0.25) is 14.4 Å². The molecule has 0 saturated carbocycles. The standard InChI is InChI=1S/C68H126O6/c1-4-7-10-13-16-19-22-25-28-31-32-33-34-35-36-38-40-43-46-49-52-55-58-61-67(70)73-64-65(63-72-66(69)60-57-54-51-48-45-42-39-30-27-24-21-18-15-12-9-6-3)74-68(71)62-59-56-53-50-47-44-41-37-29-26-23-20-17-14-11-8-5-2/h21,24,30-32,39,65H,4-20,22-23,25-29,33-38,40-64H2,1-3H3/b24-21-,32-31-,39-30-. The second-order valence-electron chi connectivity index (χ2n) is 22.4. The number of hydrogen-bond acceptors (Lipinski definition) is 6. The number of rotatable bonds is 61. The zero-order valence-corrected chi connectivity index (χ0v) is 49.9. The smallest absolute Gasteiger partial charge is 0.306 e. The molecule has 0 N–H and O–H groups in total. The van der Waals surface area contributed by atoms with Crippen LogP contribution in [-0.2, 0) is 28.6 Å². The van der Waals surface area contributed by atoms with Crippen LogP contribution in [0, 0.1) is 0 Å². The average molecular weight is 1040 g/mol. The molecule has 0 saturated heterocycles. The molecule has 6 nitrogen and oxygen atoms in total. The minimum absolute atomic E-state index is 0.0727. The molecule has 0 aromatic carbocycles. The third kappa shape index (κ3) is 60.5. The highest BCUT2D eigenvalue weighted by Crippen LogP contribution is 2.18. The van der Waals surface area contributed by atoms with Gasteiger partial charge in [-0.25, -0.2) is 0 Å². The lowest BCUT2D eigenvalue weighted by molar-refractivity contribution is -0.167. The summed E-state index contributed by atoms with van der Waals surface area (Å²) in [5.74, 6) is -0.862. The van der Waals surface area contributed by atoms with Crippen molar-refractivity contribution in [1.29, 1.82) is 0 Å². The van der Waals surface area contributed by atoms with Gasteiger partial charge in [-0.1, -0.05) is 301 Å². The summed E-state index contributed by atoms with van der Waals surface area (Å²) >= 11 is 0. The van der Waals surface area contributed by atoms with Crippen LogP contribution in [-0.4, -0.2) is 37.2 Å². The molecule has 1 unspecified atom stereocenters. The van der Waals surface area contributed by atoms with E-state index in [0.29, 0.717) is 19.3 Å². The Morgan fingerprint density at radius 3 is 0.770 bits per heavy atom. The summed E-state index contributed by atoms with van der Waals surface area (Å²) < 4.78 is 17.0. The maximum atomic E-state index is 12.9. The molecule has 74 heavy (non-hydrogen) atoms. The molecule has 0 rings (SSSR count). The van der Waals surface area contributed by atoms with Crippen molar-refractivity contribution < 1.29 is 28.6 Å². The fourth-order valence-electron chi connectivity index (χ4n) is 9.88. The van der Waals surface area contributed by atoms with Crippen LogP contribution in [0.5, 0.6) is 0 Å². The normalized spacial score (nSPS) is 12.2. The molecule has 0 aromatic heterocycles. The predicted molar refractivity (Wildman–Crippen MR) is 321 cm³/mol. The van der Waals surface area contributed by atoms with Crippen molar-refractivity contribution in [3.05, 3.63) is 36.5 Å². The Labute approximate surface area is 461 Å². The van der Waals surface area contributed by atoms with Gasteiger partial charge >= 0.3 is 17.9 Å². The average Bonchev–Trinajstić information content (AvgIpc) is 3.40. The van der Waals surface area contributed by atoms with Crippen LogP contribution < -0.4 is 0 Å². The highest BCUT2D eigenvalue weighted by Gasteiger charge is 2.19. The molecule has 0 bridgehead atoms. The number of carbonyl (C=O) groups excluding carboxylic acids is 3. The highest BCUT2D eigenvalue weighted by atomic mass is 16.6. The Morgan fingerprint density at radius 2 is 0.486 bits per heavy atom. The van der Waals surface area contributed by atoms with Crippen molar-refractivity contribution in [2.24, 2.45) is 0 Å². The molecule has 6 heteroatoms. The number of ether oxygens (including phenoxy) is 3. The van der Waals surface area contributed by atoms with E-state index >= 15 is 0 Å². The first kappa shape index (κ1) is 71.6. The van der Waals surface area contributed by atoms with E-state index < -0.39 is 6.10 Å². The maximum absolute atomic E-state index is 12.9. The van der Waals surface area contributed by atoms with Gasteiger partial charge in [0.2, 0.25) is 0 Å². The van der Waals surface area contributed by atoms with Crippen LogP contribution >= 0.6 is 0 Å². The number of hydrogen-bond donors (Lipinski definition) is 0. The lowest BCUT2D eigenvalue weighted by Gasteiger charge is -2.18. The molecule has 0 aliphatic rings. The first-order chi connectivity index (χ1) is 36.5. The first-order valence-corrected chi connectivity index (χ1v) is 33.0. The highest BCUT2D eigenvalue weighted by molar-refractivity contribution is 5.71. The van der Waals surface area contributed by atoms with Crippen LogP contribution in [0.3, 0.4) is 0 Å². The van der Waals surface area contributed by atoms with Crippen LogP contribution in [0.15, 0.2) is 36.5 Å². The largest absolute Gasteiger partial charge is 0.462 e. The molecule has 0 spiro atoms. The summed E-state index contributed by atoms with van der Waals surface area (Å²) in [5.41, 5.74) is 0. The summed E-state index contributed by atoms with van der Waals surface area (Å²) in [4.78, 5) is 38.3. The minimum Gasteiger partial charge on any atom is -0.462 e. The van der Waals surface area contributed by atoms with Crippen molar-refractivity contribution in [3.8, 4) is 0 Å². The lowest BCUT2D eigenvalue weighted by atomic mass is 10.0. The van der Waals surface area contributed by atoms with E-state index in [0.717, 1.165) is 77.0 Å². The first-order valence-electron chi connectivity index (χ1n) is 33.0. The second kappa shape index (κ2) is 63.2. The molecule has 0 aliphatic carbocycles. The van der Waals surface area contributed by atoms with Gasteiger partial charge in [-0.05, 0) is 77.0 Å². The van der Waals surface area contributed by atoms with Gasteiger partial charge in [0, 0.05) is 19.3 Å². The fourth-order valence-corrected chi connectivity index (χ4v) is 9.88. The fraction of sp³-hybridized carbons (Fsp3) is 0.868. The van der Waals surface area contributed by atoms with Crippen LogP contribution in [0.25, 0.3) is 0 Å². The van der Waals surface area contributed by atoms with Gasteiger partial charge in [-0.15, -0.1) is 0 Å². The Hall–Kier alpha value is -2.37. The van der Waals surface area contributed by atoms with E-state index in [-0.39, 0.29) is 31.1 Å². The van der Waals surface area contributed by atoms with Crippen molar-refractivity contribution in [3.63, 3.8) is 0 Å². The van der Waals surface area contributed by atoms with Crippen molar-refractivity contribution in [2.75, 3.05) is 13.2 Å². The zero-order valence-electron chi connectivity index (χ0n) is 49.9. The number of esters is 3. The Bertz CT molecular complexity index is 1240. The summed E-state index contributed by atoms with van der Waals surface area (Å²) in [5, 5.41) is 0. The van der Waals surface area contributed by atoms with Gasteiger partial charge in [0.25, 0.3) is 0 Å². The lowest BCUT2D eigenvalue weighted by Crippen LogP contribution is -2.30. The quantitative estimate of drug-likeness (QED) is 0.0261. The van der Waals surface area contributed by atoms with Crippen LogP contribution in [0.2, 0.25) is 0 Å². The molecular weight excluding hydrogens is 913 g/mol. The van der Waals surface area contributed by atoms with E-state index in [9.17, 15) is 14.4 Å². The summed E-state index contributed by atoms with van der Waals surface area (Å²) in [6, 6.07) is 0. The topological polar surface area (TPSA) is 78.9 Å². The summed E-state index contributed by atoms with van der Waals surface area (Å²) in [7, 11) is 0.